The van der Waals surface area contributed by atoms with Crippen molar-refractivity contribution in [2.24, 2.45) is 0 Å². The van der Waals surface area contributed by atoms with E-state index >= 15 is 0 Å². The van der Waals surface area contributed by atoms with E-state index in [0.717, 1.165) is 42.4 Å². The first-order valence-electron chi connectivity index (χ1n) is 9.34. The van der Waals surface area contributed by atoms with Crippen LogP contribution in [0.15, 0.2) is 36.5 Å². The number of amides is 1. The summed E-state index contributed by atoms with van der Waals surface area (Å²) in [6.45, 7) is 9.46. The maximum atomic E-state index is 12.8. The molecule has 0 N–H and O–H groups in total. The van der Waals surface area contributed by atoms with Crippen molar-refractivity contribution in [3.05, 3.63) is 52.0 Å². The molecule has 1 aliphatic rings. The van der Waals surface area contributed by atoms with Crippen LogP contribution >= 0.6 is 11.3 Å². The lowest BCUT2D eigenvalue weighted by Crippen LogP contribution is -2.45. The minimum Gasteiger partial charge on any atom is -0.338 e. The summed E-state index contributed by atoms with van der Waals surface area (Å²) in [6.07, 6.45) is 3.80. The molecular weight excluding hydrogens is 342 g/mol. The summed E-state index contributed by atoms with van der Waals surface area (Å²) in [4.78, 5) is 22.5. The van der Waals surface area contributed by atoms with Gasteiger partial charge in [-0.15, -0.1) is 11.3 Å². The Morgan fingerprint density at radius 2 is 1.88 bits per heavy atom. The van der Waals surface area contributed by atoms with Gasteiger partial charge in [0.05, 0.1) is 11.2 Å². The number of thiazole rings is 1. The summed E-state index contributed by atoms with van der Waals surface area (Å²) in [5.41, 5.74) is 1.35. The van der Waals surface area contributed by atoms with Crippen molar-refractivity contribution in [3.63, 3.8) is 0 Å². The maximum absolute atomic E-state index is 12.8. The molecule has 2 heterocycles. The fourth-order valence-electron chi connectivity index (χ4n) is 3.37. The summed E-state index contributed by atoms with van der Waals surface area (Å²) in [5.74, 6) is 0.111. The number of rotatable bonds is 4. The third-order valence-electron chi connectivity index (χ3n) is 5.03. The predicted octanol–water partition coefficient (Wildman–Crippen LogP) is 4.18. The first-order valence-corrected chi connectivity index (χ1v) is 10.2. The third-order valence-corrected chi connectivity index (χ3v) is 6.44. The third kappa shape index (κ3) is 4.51. The zero-order chi connectivity index (χ0) is 18.7. The molecule has 1 saturated heterocycles. The molecule has 0 saturated carbocycles. The Balaban J connectivity index is 1.55. The van der Waals surface area contributed by atoms with Crippen LogP contribution in [-0.4, -0.2) is 46.9 Å². The van der Waals surface area contributed by atoms with E-state index in [1.54, 1.807) is 6.20 Å². The van der Waals surface area contributed by atoms with Gasteiger partial charge in [-0.25, -0.2) is 4.98 Å². The van der Waals surface area contributed by atoms with Gasteiger partial charge in [0.2, 0.25) is 0 Å². The van der Waals surface area contributed by atoms with Crippen LogP contribution in [0.5, 0.6) is 0 Å². The van der Waals surface area contributed by atoms with Crippen LogP contribution in [0.2, 0.25) is 0 Å². The van der Waals surface area contributed by atoms with E-state index < -0.39 is 0 Å². The first kappa shape index (κ1) is 19.1. The summed E-state index contributed by atoms with van der Waals surface area (Å²) >= 11 is 1.53. The van der Waals surface area contributed by atoms with Crippen LogP contribution in [0.3, 0.4) is 0 Å². The van der Waals surface area contributed by atoms with Gasteiger partial charge < -0.3 is 4.90 Å². The molecule has 5 heteroatoms. The highest BCUT2D eigenvalue weighted by atomic mass is 32.1. The van der Waals surface area contributed by atoms with Gasteiger partial charge in [-0.3, -0.25) is 9.69 Å². The Morgan fingerprint density at radius 3 is 2.46 bits per heavy atom. The van der Waals surface area contributed by atoms with Crippen molar-refractivity contribution in [3.8, 4) is 0 Å². The maximum Gasteiger partial charge on any atom is 0.265 e. The highest BCUT2D eigenvalue weighted by Gasteiger charge is 2.28. The van der Waals surface area contributed by atoms with Crippen molar-refractivity contribution < 1.29 is 4.79 Å². The molecule has 0 radical (unpaired) electrons. The summed E-state index contributed by atoms with van der Waals surface area (Å²) < 4.78 is 0. The van der Waals surface area contributed by atoms with Crippen molar-refractivity contribution in [2.45, 2.75) is 51.6 Å². The molecule has 1 amide bonds. The van der Waals surface area contributed by atoms with Gasteiger partial charge in [-0.1, -0.05) is 51.1 Å². The number of benzene rings is 1. The molecule has 1 aromatic carbocycles. The van der Waals surface area contributed by atoms with Gasteiger partial charge >= 0.3 is 0 Å². The fourth-order valence-corrected chi connectivity index (χ4v) is 4.32. The van der Waals surface area contributed by atoms with E-state index in [0.29, 0.717) is 6.04 Å². The van der Waals surface area contributed by atoms with Crippen LogP contribution in [0.1, 0.15) is 53.9 Å². The molecule has 0 bridgehead atoms. The topological polar surface area (TPSA) is 36.4 Å². The zero-order valence-corrected chi connectivity index (χ0v) is 17.1. The largest absolute Gasteiger partial charge is 0.338 e. The second-order valence-corrected chi connectivity index (χ2v) is 9.22. The van der Waals surface area contributed by atoms with E-state index in [2.05, 4.69) is 61.0 Å². The van der Waals surface area contributed by atoms with Gasteiger partial charge in [0.1, 0.15) is 4.88 Å². The lowest BCUT2D eigenvalue weighted by atomic mass is 9.98. The number of nitrogens with zero attached hydrogens (tertiary/aromatic N) is 3. The van der Waals surface area contributed by atoms with Crippen LogP contribution in [-0.2, 0) is 12.0 Å². The van der Waals surface area contributed by atoms with Crippen molar-refractivity contribution in [1.29, 1.82) is 0 Å². The molecule has 2 aromatic rings. The van der Waals surface area contributed by atoms with E-state index in [1.807, 2.05) is 11.9 Å². The minimum atomic E-state index is -0.00938. The Hall–Kier alpha value is -1.72. The lowest BCUT2D eigenvalue weighted by molar-refractivity contribution is 0.0641. The molecule has 0 spiro atoms. The molecule has 1 aromatic heterocycles. The van der Waals surface area contributed by atoms with E-state index in [4.69, 9.17) is 0 Å². The average molecular weight is 372 g/mol. The van der Waals surface area contributed by atoms with Gasteiger partial charge in [0.15, 0.2) is 0 Å². The van der Waals surface area contributed by atoms with Crippen LogP contribution < -0.4 is 0 Å². The van der Waals surface area contributed by atoms with E-state index in [9.17, 15) is 4.79 Å². The highest BCUT2D eigenvalue weighted by molar-refractivity contribution is 7.13. The Labute approximate surface area is 160 Å². The molecule has 1 fully saturated rings. The number of piperidine rings is 1. The SMILES string of the molecule is CN(C(=O)c1cnc(C(C)(C)C)s1)C1CCN(Cc2ccccc2)CC1. The molecule has 0 aliphatic carbocycles. The highest BCUT2D eigenvalue weighted by Crippen LogP contribution is 2.28. The van der Waals surface area contributed by atoms with Crippen LogP contribution in [0, 0.1) is 0 Å². The Bertz CT molecular complexity index is 727. The number of carbonyl (C=O) groups is 1. The number of hydrogen-bond donors (Lipinski definition) is 0. The summed E-state index contributed by atoms with van der Waals surface area (Å²) in [7, 11) is 1.94. The monoisotopic (exact) mass is 371 g/mol. The number of carbonyl (C=O) groups excluding carboxylic acids is 1. The van der Waals surface area contributed by atoms with Crippen LogP contribution in [0.4, 0.5) is 0 Å². The standard InChI is InChI=1S/C21H29N3OS/c1-21(2,3)20-22-14-18(26-20)19(25)23(4)17-10-12-24(13-11-17)15-16-8-6-5-7-9-16/h5-9,14,17H,10-13,15H2,1-4H3. The molecule has 3 rings (SSSR count). The van der Waals surface area contributed by atoms with Crippen molar-refractivity contribution >= 4 is 17.2 Å². The Kier molecular flexibility index (Phi) is 5.78. The smallest absolute Gasteiger partial charge is 0.265 e. The normalized spacial score (nSPS) is 16.6. The molecule has 1 aliphatic heterocycles. The molecule has 26 heavy (non-hydrogen) atoms. The fraction of sp³-hybridized carbons (Fsp3) is 0.524. The molecule has 0 unspecified atom stereocenters. The lowest BCUT2D eigenvalue weighted by Gasteiger charge is -2.36. The second kappa shape index (κ2) is 7.89. The average Bonchev–Trinajstić information content (AvgIpc) is 3.12. The molecule has 0 atom stereocenters. The van der Waals surface area contributed by atoms with Crippen molar-refractivity contribution in [2.75, 3.05) is 20.1 Å². The quantitative estimate of drug-likeness (QED) is 0.809. The second-order valence-electron chi connectivity index (χ2n) is 8.19. The Morgan fingerprint density at radius 1 is 1.23 bits per heavy atom. The van der Waals surface area contributed by atoms with Gasteiger partial charge in [0, 0.05) is 38.1 Å². The first-order chi connectivity index (χ1) is 12.3. The minimum absolute atomic E-state index is 0.00938. The number of aromatic nitrogens is 1. The number of hydrogen-bond acceptors (Lipinski definition) is 4. The molecular formula is C21H29N3OS. The predicted molar refractivity (Wildman–Crippen MR) is 108 cm³/mol. The molecule has 4 nitrogen and oxygen atoms in total. The summed E-state index contributed by atoms with van der Waals surface area (Å²) in [6, 6.07) is 10.9. The summed E-state index contributed by atoms with van der Waals surface area (Å²) in [5, 5.41) is 1.02. The van der Waals surface area contributed by atoms with Gasteiger partial charge in [-0.2, -0.15) is 0 Å². The van der Waals surface area contributed by atoms with Crippen molar-refractivity contribution in [1.82, 2.24) is 14.8 Å². The van der Waals surface area contributed by atoms with E-state index in [1.165, 1.54) is 16.9 Å². The number of likely N-dealkylation sites (tertiary alicyclic amines) is 1. The van der Waals surface area contributed by atoms with E-state index in [-0.39, 0.29) is 11.3 Å². The zero-order valence-electron chi connectivity index (χ0n) is 16.2. The van der Waals surface area contributed by atoms with Gasteiger partial charge in [-0.05, 0) is 18.4 Å². The van der Waals surface area contributed by atoms with Gasteiger partial charge in [0.25, 0.3) is 5.91 Å². The van der Waals surface area contributed by atoms with Crippen LogP contribution in [0.25, 0.3) is 0 Å². The molecule has 140 valence electrons.